The Hall–Kier alpha value is -2.80. The van der Waals surface area contributed by atoms with Crippen LogP contribution in [-0.4, -0.2) is 21.9 Å². The number of hydrogen-bond donors (Lipinski definition) is 1. The number of aromatic nitrogens is 2. The van der Waals surface area contributed by atoms with Crippen molar-refractivity contribution in [2.45, 2.75) is 18.4 Å². The van der Waals surface area contributed by atoms with Crippen molar-refractivity contribution in [1.82, 2.24) is 10.2 Å². The summed E-state index contributed by atoms with van der Waals surface area (Å²) in [7, 11) is 0. The van der Waals surface area contributed by atoms with E-state index in [0.717, 1.165) is 29.8 Å². The molecule has 0 aliphatic rings. The molecule has 0 radical (unpaired) electrons. The van der Waals surface area contributed by atoms with Crippen molar-refractivity contribution < 1.29 is 13.6 Å². The van der Waals surface area contributed by atoms with E-state index < -0.39 is 11.6 Å². The third-order valence-corrected chi connectivity index (χ3v) is 4.77. The van der Waals surface area contributed by atoms with Crippen LogP contribution in [0.4, 0.5) is 14.5 Å². The molecule has 1 N–H and O–H groups in total. The lowest BCUT2D eigenvalue weighted by molar-refractivity contribution is -0.113. The van der Waals surface area contributed by atoms with Gasteiger partial charge in [0.2, 0.25) is 5.91 Å². The van der Waals surface area contributed by atoms with Gasteiger partial charge in [-0.2, -0.15) is 0 Å². The molecule has 0 atom stereocenters. The highest BCUT2D eigenvalue weighted by atomic mass is 32.2. The van der Waals surface area contributed by atoms with Crippen LogP contribution in [0.15, 0.2) is 59.6 Å². The van der Waals surface area contributed by atoms with E-state index in [1.54, 1.807) is 6.07 Å². The van der Waals surface area contributed by atoms with Crippen LogP contribution in [0.3, 0.4) is 0 Å². The predicted molar refractivity (Wildman–Crippen MR) is 103 cm³/mol. The fourth-order valence-electron chi connectivity index (χ4n) is 2.37. The van der Waals surface area contributed by atoms with Crippen molar-refractivity contribution in [3.8, 4) is 11.3 Å². The number of halogens is 2. The molecule has 138 valence electrons. The van der Waals surface area contributed by atoms with Gasteiger partial charge in [0.25, 0.3) is 0 Å². The van der Waals surface area contributed by atoms with E-state index in [1.807, 2.05) is 18.2 Å². The third-order valence-electron chi connectivity index (χ3n) is 3.85. The summed E-state index contributed by atoms with van der Waals surface area (Å²) in [4.78, 5) is 11.9. The summed E-state index contributed by atoms with van der Waals surface area (Å²) >= 11 is 1.21. The highest BCUT2D eigenvalue weighted by Gasteiger charge is 2.08. The minimum atomic E-state index is -1.01. The second-order valence-electron chi connectivity index (χ2n) is 5.77. The molecule has 0 fully saturated rings. The largest absolute Gasteiger partial charge is 0.325 e. The Morgan fingerprint density at radius 2 is 1.78 bits per heavy atom. The van der Waals surface area contributed by atoms with Gasteiger partial charge in [-0.05, 0) is 36.2 Å². The second-order valence-corrected chi connectivity index (χ2v) is 6.77. The first kappa shape index (κ1) is 19.0. The van der Waals surface area contributed by atoms with Gasteiger partial charge in [-0.25, -0.2) is 8.78 Å². The van der Waals surface area contributed by atoms with Gasteiger partial charge in [0.15, 0.2) is 11.6 Å². The maximum absolute atomic E-state index is 13.2. The summed E-state index contributed by atoms with van der Waals surface area (Å²) in [6, 6.07) is 15.0. The first-order chi connectivity index (χ1) is 13.0. The number of nitrogens with one attached hydrogen (secondary N) is 1. The molecule has 0 aliphatic carbocycles. The summed E-state index contributed by atoms with van der Waals surface area (Å²) < 4.78 is 26.0. The Kier molecular flexibility index (Phi) is 6.13. The first-order valence-electron chi connectivity index (χ1n) is 8.36. The minimum absolute atomic E-state index is 0.0816. The maximum atomic E-state index is 13.2. The van der Waals surface area contributed by atoms with E-state index in [0.29, 0.717) is 5.03 Å². The molecule has 27 heavy (non-hydrogen) atoms. The molecular weight excluding hydrogens is 368 g/mol. The summed E-state index contributed by atoms with van der Waals surface area (Å²) in [6.07, 6.45) is 0.980. The van der Waals surface area contributed by atoms with Gasteiger partial charge in [-0.1, -0.05) is 43.0 Å². The lowest BCUT2D eigenvalue weighted by Gasteiger charge is -2.06. The van der Waals surface area contributed by atoms with Crippen LogP contribution in [-0.2, 0) is 11.2 Å². The molecule has 1 heterocycles. The zero-order valence-electron chi connectivity index (χ0n) is 14.6. The fourth-order valence-corrected chi connectivity index (χ4v) is 2.99. The molecule has 2 aromatic carbocycles. The Labute approximate surface area is 160 Å². The SMILES string of the molecule is CCc1ccc(-c2ccc(SCC(=O)Nc3ccc(F)c(F)c3)nn2)cc1. The zero-order valence-corrected chi connectivity index (χ0v) is 15.4. The number of nitrogens with zero attached hydrogens (tertiary/aromatic N) is 2. The van der Waals surface area contributed by atoms with Crippen molar-refractivity contribution in [3.05, 3.63) is 71.8 Å². The number of amides is 1. The van der Waals surface area contributed by atoms with Gasteiger partial charge in [0, 0.05) is 17.3 Å². The highest BCUT2D eigenvalue weighted by Crippen LogP contribution is 2.21. The predicted octanol–water partition coefficient (Wildman–Crippen LogP) is 4.72. The standard InChI is InChI=1S/C20H17F2N3OS/c1-2-13-3-5-14(6-4-13)18-9-10-20(25-24-18)27-12-19(26)23-15-7-8-16(21)17(22)11-15/h3-11H,2,12H2,1H3,(H,23,26). The summed E-state index contributed by atoms with van der Waals surface area (Å²) in [5.41, 5.74) is 3.20. The van der Waals surface area contributed by atoms with Gasteiger partial charge in [0.05, 0.1) is 11.4 Å². The Morgan fingerprint density at radius 3 is 2.41 bits per heavy atom. The summed E-state index contributed by atoms with van der Waals surface area (Å²) in [6.45, 7) is 2.10. The number of hydrogen-bond acceptors (Lipinski definition) is 4. The average Bonchev–Trinajstić information content (AvgIpc) is 2.70. The summed E-state index contributed by atoms with van der Waals surface area (Å²) in [5, 5.41) is 11.4. The zero-order chi connectivity index (χ0) is 19.2. The van der Waals surface area contributed by atoms with Crippen molar-refractivity contribution in [1.29, 1.82) is 0 Å². The monoisotopic (exact) mass is 385 g/mol. The molecule has 0 spiro atoms. The molecule has 3 rings (SSSR count). The molecule has 0 saturated carbocycles. The lowest BCUT2D eigenvalue weighted by Crippen LogP contribution is -2.14. The normalized spacial score (nSPS) is 10.6. The van der Waals surface area contributed by atoms with Crippen LogP contribution >= 0.6 is 11.8 Å². The lowest BCUT2D eigenvalue weighted by atomic mass is 10.1. The third kappa shape index (κ3) is 5.10. The molecule has 4 nitrogen and oxygen atoms in total. The molecule has 0 saturated heterocycles. The number of thioether (sulfide) groups is 1. The van der Waals surface area contributed by atoms with Gasteiger partial charge in [-0.15, -0.1) is 10.2 Å². The van der Waals surface area contributed by atoms with Crippen molar-refractivity contribution in [2.75, 3.05) is 11.1 Å². The molecule has 1 aromatic heterocycles. The number of aryl methyl sites for hydroxylation is 1. The molecule has 7 heteroatoms. The van der Waals surface area contributed by atoms with Gasteiger partial charge < -0.3 is 5.32 Å². The quantitative estimate of drug-likeness (QED) is 0.624. The molecular formula is C20H17F2N3OS. The van der Waals surface area contributed by atoms with Gasteiger partial charge in [-0.3, -0.25) is 4.79 Å². The van der Waals surface area contributed by atoms with E-state index in [9.17, 15) is 13.6 Å². The van der Waals surface area contributed by atoms with Crippen molar-refractivity contribution in [3.63, 3.8) is 0 Å². The smallest absolute Gasteiger partial charge is 0.234 e. The summed E-state index contributed by atoms with van der Waals surface area (Å²) in [5.74, 6) is -2.22. The van der Waals surface area contributed by atoms with Crippen LogP contribution in [0.5, 0.6) is 0 Å². The van der Waals surface area contributed by atoms with Gasteiger partial charge in [0.1, 0.15) is 5.03 Å². The maximum Gasteiger partial charge on any atom is 0.234 e. The van der Waals surface area contributed by atoms with E-state index in [2.05, 4.69) is 34.6 Å². The second kappa shape index (κ2) is 8.73. The van der Waals surface area contributed by atoms with E-state index in [1.165, 1.54) is 23.4 Å². The van der Waals surface area contributed by atoms with Crippen LogP contribution in [0.25, 0.3) is 11.3 Å². The fraction of sp³-hybridized carbons (Fsp3) is 0.150. The molecule has 0 unspecified atom stereocenters. The molecule has 1 amide bonds. The van der Waals surface area contributed by atoms with Crippen molar-refractivity contribution in [2.24, 2.45) is 0 Å². The minimum Gasteiger partial charge on any atom is -0.325 e. The van der Waals surface area contributed by atoms with E-state index in [4.69, 9.17) is 0 Å². The van der Waals surface area contributed by atoms with E-state index in [-0.39, 0.29) is 17.3 Å². The van der Waals surface area contributed by atoms with E-state index >= 15 is 0 Å². The van der Waals surface area contributed by atoms with Crippen molar-refractivity contribution >= 4 is 23.4 Å². The van der Waals surface area contributed by atoms with Crippen LogP contribution in [0.2, 0.25) is 0 Å². The Bertz CT molecular complexity index is 931. The number of rotatable bonds is 6. The average molecular weight is 385 g/mol. The van der Waals surface area contributed by atoms with Crippen LogP contribution in [0.1, 0.15) is 12.5 Å². The topological polar surface area (TPSA) is 54.9 Å². The number of anilines is 1. The van der Waals surface area contributed by atoms with Crippen LogP contribution < -0.4 is 5.32 Å². The molecule has 0 bridgehead atoms. The first-order valence-corrected chi connectivity index (χ1v) is 9.34. The Balaban J connectivity index is 1.56. The molecule has 0 aliphatic heterocycles. The Morgan fingerprint density at radius 1 is 1.00 bits per heavy atom. The number of benzene rings is 2. The highest BCUT2D eigenvalue weighted by molar-refractivity contribution is 7.99. The van der Waals surface area contributed by atoms with Crippen LogP contribution in [0, 0.1) is 11.6 Å². The van der Waals surface area contributed by atoms with Gasteiger partial charge >= 0.3 is 0 Å². The molecule has 3 aromatic rings. The number of carbonyl (C=O) groups is 1. The number of carbonyl (C=O) groups excluding carboxylic acids is 1.